The summed E-state index contributed by atoms with van der Waals surface area (Å²) in [6.45, 7) is 3.37. The molecule has 0 aliphatic rings. The number of halogens is 1. The van der Waals surface area contributed by atoms with Crippen molar-refractivity contribution in [2.75, 3.05) is 0 Å². The fourth-order valence-corrected chi connectivity index (χ4v) is 1.11. The van der Waals surface area contributed by atoms with E-state index in [-0.39, 0.29) is 6.10 Å². The van der Waals surface area contributed by atoms with Crippen molar-refractivity contribution >= 4 is 17.6 Å². The van der Waals surface area contributed by atoms with E-state index in [2.05, 4.69) is 0 Å². The summed E-state index contributed by atoms with van der Waals surface area (Å²) in [7, 11) is 0. The first-order valence-corrected chi connectivity index (χ1v) is 4.88. The molecule has 0 aliphatic carbocycles. The smallest absolute Gasteiger partial charge is 0.324 e. The summed E-state index contributed by atoms with van der Waals surface area (Å²) in [6, 6.07) is 0. The average molecular weight is 209 g/mol. The molecule has 0 aromatic heterocycles. The molecule has 3 nitrogen and oxygen atoms in total. The maximum Gasteiger partial charge on any atom is 0.324 e. The van der Waals surface area contributed by atoms with Crippen molar-refractivity contribution < 1.29 is 15.0 Å². The standard InChI is InChI=1S/C9H17ClO3/c1-3-7(11)5-4-6-9(2,10)8(12)13/h7,11H,3-6H2,1-2H3,(H,12,13). The van der Waals surface area contributed by atoms with Gasteiger partial charge in [-0.15, -0.1) is 11.6 Å². The molecule has 0 rings (SSSR count). The molecule has 0 aromatic carbocycles. The molecule has 0 bridgehead atoms. The molecule has 0 amide bonds. The van der Waals surface area contributed by atoms with Crippen LogP contribution in [-0.2, 0) is 4.79 Å². The molecule has 0 aromatic rings. The van der Waals surface area contributed by atoms with Crippen LogP contribution in [0, 0.1) is 0 Å². The third kappa shape index (κ3) is 5.11. The molecular formula is C9H17ClO3. The maximum absolute atomic E-state index is 10.6. The Kier molecular flexibility index (Phi) is 5.33. The van der Waals surface area contributed by atoms with Crippen LogP contribution in [0.3, 0.4) is 0 Å². The predicted molar refractivity (Wildman–Crippen MR) is 52.0 cm³/mol. The number of aliphatic hydroxyl groups excluding tert-OH is 1. The van der Waals surface area contributed by atoms with Crippen LogP contribution in [0.1, 0.15) is 39.5 Å². The van der Waals surface area contributed by atoms with Gasteiger partial charge >= 0.3 is 5.97 Å². The molecule has 0 saturated carbocycles. The maximum atomic E-state index is 10.6. The predicted octanol–water partition coefficient (Wildman–Crippen LogP) is 2.01. The first-order chi connectivity index (χ1) is 5.90. The van der Waals surface area contributed by atoms with Gasteiger partial charge in [0.1, 0.15) is 4.87 Å². The Morgan fingerprint density at radius 3 is 2.54 bits per heavy atom. The molecular weight excluding hydrogens is 192 g/mol. The first kappa shape index (κ1) is 12.7. The van der Waals surface area contributed by atoms with Crippen molar-refractivity contribution in [3.8, 4) is 0 Å². The Labute approximate surface area is 83.7 Å². The number of carbonyl (C=O) groups is 1. The van der Waals surface area contributed by atoms with E-state index in [0.717, 1.165) is 0 Å². The number of hydrogen-bond donors (Lipinski definition) is 2. The van der Waals surface area contributed by atoms with Gasteiger partial charge in [-0.2, -0.15) is 0 Å². The second kappa shape index (κ2) is 5.45. The van der Waals surface area contributed by atoms with Crippen molar-refractivity contribution in [2.45, 2.75) is 50.5 Å². The molecule has 2 unspecified atom stereocenters. The van der Waals surface area contributed by atoms with E-state index < -0.39 is 10.8 Å². The van der Waals surface area contributed by atoms with Gasteiger partial charge in [0.25, 0.3) is 0 Å². The summed E-state index contributed by atoms with van der Waals surface area (Å²) in [5.74, 6) is -1.000. The molecule has 13 heavy (non-hydrogen) atoms. The van der Waals surface area contributed by atoms with Crippen LogP contribution in [0.25, 0.3) is 0 Å². The van der Waals surface area contributed by atoms with E-state index >= 15 is 0 Å². The van der Waals surface area contributed by atoms with E-state index in [1.165, 1.54) is 6.92 Å². The highest BCUT2D eigenvalue weighted by Gasteiger charge is 2.29. The summed E-state index contributed by atoms with van der Waals surface area (Å²) >= 11 is 5.72. The van der Waals surface area contributed by atoms with Crippen molar-refractivity contribution in [3.63, 3.8) is 0 Å². The fraction of sp³-hybridized carbons (Fsp3) is 0.889. The lowest BCUT2D eigenvalue weighted by atomic mass is 10.0. The van der Waals surface area contributed by atoms with Gasteiger partial charge in [0, 0.05) is 0 Å². The summed E-state index contributed by atoms with van der Waals surface area (Å²) < 4.78 is 0. The van der Waals surface area contributed by atoms with Crippen LogP contribution in [0.15, 0.2) is 0 Å². The van der Waals surface area contributed by atoms with Crippen molar-refractivity contribution in [1.82, 2.24) is 0 Å². The topological polar surface area (TPSA) is 57.5 Å². The first-order valence-electron chi connectivity index (χ1n) is 4.50. The minimum absolute atomic E-state index is 0.332. The zero-order valence-electron chi connectivity index (χ0n) is 8.09. The Bertz CT molecular complexity index is 168. The third-order valence-electron chi connectivity index (χ3n) is 2.10. The summed E-state index contributed by atoms with van der Waals surface area (Å²) in [6.07, 6.45) is 2.02. The van der Waals surface area contributed by atoms with Gasteiger partial charge in [-0.05, 0) is 32.6 Å². The summed E-state index contributed by atoms with van der Waals surface area (Å²) in [5, 5.41) is 17.9. The van der Waals surface area contributed by atoms with Crippen molar-refractivity contribution in [3.05, 3.63) is 0 Å². The van der Waals surface area contributed by atoms with Crippen LogP contribution in [0.2, 0.25) is 0 Å². The van der Waals surface area contributed by atoms with Crippen LogP contribution in [0.4, 0.5) is 0 Å². The highest BCUT2D eigenvalue weighted by atomic mass is 35.5. The van der Waals surface area contributed by atoms with Gasteiger partial charge in [0.15, 0.2) is 0 Å². The normalized spacial score (nSPS) is 17.8. The molecule has 4 heteroatoms. The molecule has 0 radical (unpaired) electrons. The van der Waals surface area contributed by atoms with Gasteiger partial charge in [-0.1, -0.05) is 6.92 Å². The number of carboxylic acid groups (broad SMARTS) is 1. The number of aliphatic hydroxyl groups is 1. The molecule has 0 spiro atoms. The average Bonchev–Trinajstić information content (AvgIpc) is 2.03. The lowest BCUT2D eigenvalue weighted by Gasteiger charge is -2.16. The Morgan fingerprint density at radius 2 is 2.15 bits per heavy atom. The number of alkyl halides is 1. The molecule has 0 saturated heterocycles. The largest absolute Gasteiger partial charge is 0.480 e. The number of carboxylic acids is 1. The van der Waals surface area contributed by atoms with E-state index in [1.807, 2.05) is 6.92 Å². The SMILES string of the molecule is CCC(O)CCCC(C)(Cl)C(=O)O. The second-order valence-corrected chi connectivity index (χ2v) is 4.29. The molecule has 0 fully saturated rings. The molecule has 0 aliphatic heterocycles. The van der Waals surface area contributed by atoms with Crippen LogP contribution in [-0.4, -0.2) is 27.2 Å². The molecule has 0 heterocycles. The summed E-state index contributed by atoms with van der Waals surface area (Å²) in [4.78, 5) is 9.38. The van der Waals surface area contributed by atoms with Crippen LogP contribution < -0.4 is 0 Å². The second-order valence-electron chi connectivity index (χ2n) is 3.46. The van der Waals surface area contributed by atoms with E-state index in [1.54, 1.807) is 0 Å². The Morgan fingerprint density at radius 1 is 1.62 bits per heavy atom. The lowest BCUT2D eigenvalue weighted by Crippen LogP contribution is -2.28. The number of hydrogen-bond acceptors (Lipinski definition) is 2. The molecule has 2 atom stereocenters. The minimum Gasteiger partial charge on any atom is -0.480 e. The monoisotopic (exact) mass is 208 g/mol. The lowest BCUT2D eigenvalue weighted by molar-refractivity contribution is -0.139. The van der Waals surface area contributed by atoms with Crippen LogP contribution in [0.5, 0.6) is 0 Å². The summed E-state index contributed by atoms with van der Waals surface area (Å²) in [5.41, 5.74) is 0. The minimum atomic E-state index is -1.19. The highest BCUT2D eigenvalue weighted by Crippen LogP contribution is 2.22. The number of aliphatic carboxylic acids is 1. The zero-order chi connectivity index (χ0) is 10.5. The highest BCUT2D eigenvalue weighted by molar-refractivity contribution is 6.33. The van der Waals surface area contributed by atoms with E-state index in [9.17, 15) is 9.90 Å². The van der Waals surface area contributed by atoms with Gasteiger partial charge in [0.05, 0.1) is 6.10 Å². The molecule has 2 N–H and O–H groups in total. The van der Waals surface area contributed by atoms with Crippen LogP contribution >= 0.6 is 11.6 Å². The number of rotatable bonds is 6. The van der Waals surface area contributed by atoms with Gasteiger partial charge < -0.3 is 10.2 Å². The van der Waals surface area contributed by atoms with E-state index in [0.29, 0.717) is 25.7 Å². The third-order valence-corrected chi connectivity index (χ3v) is 2.45. The Balaban J connectivity index is 3.70. The van der Waals surface area contributed by atoms with Crippen molar-refractivity contribution in [1.29, 1.82) is 0 Å². The van der Waals surface area contributed by atoms with E-state index in [4.69, 9.17) is 16.7 Å². The van der Waals surface area contributed by atoms with Gasteiger partial charge in [-0.3, -0.25) is 4.79 Å². The van der Waals surface area contributed by atoms with Gasteiger partial charge in [-0.25, -0.2) is 0 Å². The quantitative estimate of drug-likeness (QED) is 0.657. The molecule has 78 valence electrons. The van der Waals surface area contributed by atoms with Crippen molar-refractivity contribution in [2.24, 2.45) is 0 Å². The zero-order valence-corrected chi connectivity index (χ0v) is 8.84. The van der Waals surface area contributed by atoms with Gasteiger partial charge in [0.2, 0.25) is 0 Å². The Hall–Kier alpha value is -0.280. The fourth-order valence-electron chi connectivity index (χ4n) is 0.981.